The topological polar surface area (TPSA) is 21.3 Å². The van der Waals surface area contributed by atoms with E-state index < -0.39 is 0 Å². The van der Waals surface area contributed by atoms with E-state index in [2.05, 4.69) is 36.5 Å². The summed E-state index contributed by atoms with van der Waals surface area (Å²) in [5, 5.41) is 3.38. The Balaban J connectivity index is 1.62. The van der Waals surface area contributed by atoms with Crippen molar-refractivity contribution in [3.05, 3.63) is 66.2 Å². The van der Waals surface area contributed by atoms with Crippen LogP contribution in [0.4, 0.5) is 5.69 Å². The largest absolute Gasteiger partial charge is 0.385 e. The number of hydrogen-bond acceptors (Lipinski definition) is 2. The van der Waals surface area contributed by atoms with Gasteiger partial charge in [0.15, 0.2) is 0 Å². The van der Waals surface area contributed by atoms with Crippen LogP contribution in [-0.4, -0.2) is 13.2 Å². The second kappa shape index (κ2) is 7.59. The van der Waals surface area contributed by atoms with E-state index in [9.17, 15) is 0 Å². The number of nitrogens with one attached hydrogen (secondary N) is 1. The first-order valence-corrected chi connectivity index (χ1v) is 6.82. The third kappa shape index (κ3) is 4.76. The van der Waals surface area contributed by atoms with Crippen molar-refractivity contribution in [3.8, 4) is 0 Å². The number of para-hydroxylation sites is 1. The lowest BCUT2D eigenvalue weighted by Crippen LogP contribution is -2.07. The van der Waals surface area contributed by atoms with Crippen molar-refractivity contribution in [2.75, 3.05) is 18.5 Å². The lowest BCUT2D eigenvalue weighted by atomic mass is 10.1. The fourth-order valence-electron chi connectivity index (χ4n) is 1.94. The van der Waals surface area contributed by atoms with Gasteiger partial charge in [-0.15, -0.1) is 0 Å². The summed E-state index contributed by atoms with van der Waals surface area (Å²) in [6.45, 7) is 3.81. The van der Waals surface area contributed by atoms with E-state index in [1.807, 2.05) is 36.4 Å². The molecule has 0 heterocycles. The Morgan fingerprint density at radius 3 is 2.26 bits per heavy atom. The first-order valence-electron chi connectivity index (χ1n) is 6.82. The van der Waals surface area contributed by atoms with Crippen LogP contribution in [0.15, 0.2) is 60.7 Å². The summed E-state index contributed by atoms with van der Waals surface area (Å²) >= 11 is 0. The van der Waals surface area contributed by atoms with Gasteiger partial charge in [0.25, 0.3) is 0 Å². The highest BCUT2D eigenvalue weighted by Crippen LogP contribution is 2.15. The Hall–Kier alpha value is -1.80. The Labute approximate surface area is 115 Å². The van der Waals surface area contributed by atoms with E-state index in [1.54, 1.807) is 0 Å². The molecule has 0 spiro atoms. The maximum Gasteiger partial charge on any atom is 0.0796 e. The summed E-state index contributed by atoms with van der Waals surface area (Å²) in [6, 6.07) is 20.6. The summed E-state index contributed by atoms with van der Waals surface area (Å²) in [4.78, 5) is 0. The molecule has 1 N–H and O–H groups in total. The monoisotopic (exact) mass is 255 g/mol. The van der Waals surface area contributed by atoms with Crippen LogP contribution < -0.4 is 5.32 Å². The van der Waals surface area contributed by atoms with Gasteiger partial charge in [0.1, 0.15) is 0 Å². The lowest BCUT2D eigenvalue weighted by molar-refractivity contribution is 0.0656. The maximum atomic E-state index is 5.83. The Kier molecular flexibility index (Phi) is 5.45. The average molecular weight is 255 g/mol. The molecule has 2 rings (SSSR count). The third-order valence-corrected chi connectivity index (χ3v) is 3.06. The molecule has 0 bridgehead atoms. The van der Waals surface area contributed by atoms with E-state index in [1.165, 1.54) is 11.3 Å². The van der Waals surface area contributed by atoms with E-state index in [0.29, 0.717) is 0 Å². The van der Waals surface area contributed by atoms with Gasteiger partial charge in [-0.25, -0.2) is 0 Å². The number of benzene rings is 2. The van der Waals surface area contributed by atoms with Crippen LogP contribution in [0.25, 0.3) is 0 Å². The van der Waals surface area contributed by atoms with Crippen molar-refractivity contribution in [1.29, 1.82) is 0 Å². The van der Waals surface area contributed by atoms with Crippen molar-refractivity contribution < 1.29 is 4.74 Å². The van der Waals surface area contributed by atoms with Crippen LogP contribution in [0.1, 0.15) is 25.0 Å². The average Bonchev–Trinajstić information content (AvgIpc) is 2.49. The number of hydrogen-bond donors (Lipinski definition) is 1. The van der Waals surface area contributed by atoms with Crippen LogP contribution in [0.5, 0.6) is 0 Å². The molecule has 0 saturated carbocycles. The molecule has 2 aromatic carbocycles. The summed E-state index contributed by atoms with van der Waals surface area (Å²) in [5.74, 6) is 0. The number of ether oxygens (including phenoxy) is 1. The molecule has 0 aliphatic heterocycles. The third-order valence-electron chi connectivity index (χ3n) is 3.06. The van der Waals surface area contributed by atoms with E-state index in [4.69, 9.17) is 4.74 Å². The zero-order valence-electron chi connectivity index (χ0n) is 11.4. The minimum absolute atomic E-state index is 0.165. The van der Waals surface area contributed by atoms with Gasteiger partial charge in [-0.05, 0) is 31.0 Å². The van der Waals surface area contributed by atoms with E-state index in [0.717, 1.165) is 19.6 Å². The first kappa shape index (κ1) is 13.6. The molecule has 100 valence electrons. The molecule has 0 saturated heterocycles. The van der Waals surface area contributed by atoms with Crippen LogP contribution in [0, 0.1) is 0 Å². The number of rotatable bonds is 7. The fourth-order valence-corrected chi connectivity index (χ4v) is 1.94. The van der Waals surface area contributed by atoms with Crippen molar-refractivity contribution in [2.45, 2.75) is 19.4 Å². The van der Waals surface area contributed by atoms with Crippen molar-refractivity contribution in [1.82, 2.24) is 0 Å². The van der Waals surface area contributed by atoms with Gasteiger partial charge >= 0.3 is 0 Å². The van der Waals surface area contributed by atoms with Crippen molar-refractivity contribution in [2.24, 2.45) is 0 Å². The first-order chi connectivity index (χ1) is 9.36. The highest BCUT2D eigenvalue weighted by molar-refractivity contribution is 5.42. The van der Waals surface area contributed by atoms with Crippen molar-refractivity contribution in [3.63, 3.8) is 0 Å². The molecule has 0 aromatic heterocycles. The minimum atomic E-state index is 0.165. The molecule has 0 radical (unpaired) electrons. The summed E-state index contributed by atoms with van der Waals surface area (Å²) in [7, 11) is 0. The predicted octanol–water partition coefficient (Wildman–Crippen LogP) is 4.27. The van der Waals surface area contributed by atoms with Gasteiger partial charge in [-0.1, -0.05) is 48.5 Å². The highest BCUT2D eigenvalue weighted by atomic mass is 16.5. The molecule has 1 unspecified atom stereocenters. The molecule has 0 amide bonds. The maximum absolute atomic E-state index is 5.83. The molecular formula is C17H21NO. The number of anilines is 1. The highest BCUT2D eigenvalue weighted by Gasteiger charge is 2.03. The van der Waals surface area contributed by atoms with Crippen molar-refractivity contribution >= 4 is 5.69 Å². The Bertz CT molecular complexity index is 455. The van der Waals surface area contributed by atoms with Crippen LogP contribution >= 0.6 is 0 Å². The molecular weight excluding hydrogens is 234 g/mol. The molecule has 0 aliphatic rings. The standard InChI is InChI=1S/C17H21NO/c1-15(16-9-4-2-5-10-16)19-14-8-13-18-17-11-6-3-7-12-17/h2-7,9-12,15,18H,8,13-14H2,1H3. The molecule has 2 nitrogen and oxygen atoms in total. The summed E-state index contributed by atoms with van der Waals surface area (Å²) in [5.41, 5.74) is 2.40. The fraction of sp³-hybridized carbons (Fsp3) is 0.294. The van der Waals surface area contributed by atoms with Crippen LogP contribution in [0.3, 0.4) is 0 Å². The van der Waals surface area contributed by atoms with Gasteiger partial charge in [0, 0.05) is 18.8 Å². The van der Waals surface area contributed by atoms with E-state index in [-0.39, 0.29) is 6.10 Å². The van der Waals surface area contributed by atoms with Crippen LogP contribution in [0.2, 0.25) is 0 Å². The molecule has 2 aromatic rings. The summed E-state index contributed by atoms with van der Waals surface area (Å²) in [6.07, 6.45) is 1.17. The van der Waals surface area contributed by atoms with Gasteiger partial charge < -0.3 is 10.1 Å². The van der Waals surface area contributed by atoms with Gasteiger partial charge in [0.2, 0.25) is 0 Å². The molecule has 1 atom stereocenters. The lowest BCUT2D eigenvalue weighted by Gasteiger charge is -2.13. The molecule has 2 heteroatoms. The minimum Gasteiger partial charge on any atom is -0.385 e. The van der Waals surface area contributed by atoms with E-state index >= 15 is 0 Å². The molecule has 0 aliphatic carbocycles. The quantitative estimate of drug-likeness (QED) is 0.746. The normalized spacial score (nSPS) is 12.1. The smallest absolute Gasteiger partial charge is 0.0796 e. The predicted molar refractivity (Wildman–Crippen MR) is 80.4 cm³/mol. The summed E-state index contributed by atoms with van der Waals surface area (Å²) < 4.78 is 5.83. The zero-order valence-corrected chi connectivity index (χ0v) is 11.4. The van der Waals surface area contributed by atoms with Crippen LogP contribution in [-0.2, 0) is 4.74 Å². The molecule has 0 fully saturated rings. The Morgan fingerprint density at radius 1 is 0.947 bits per heavy atom. The Morgan fingerprint density at radius 2 is 1.58 bits per heavy atom. The molecule has 19 heavy (non-hydrogen) atoms. The van der Waals surface area contributed by atoms with Gasteiger partial charge in [-0.3, -0.25) is 0 Å². The van der Waals surface area contributed by atoms with Gasteiger partial charge in [0.05, 0.1) is 6.10 Å². The van der Waals surface area contributed by atoms with Gasteiger partial charge in [-0.2, -0.15) is 0 Å². The second-order valence-corrected chi connectivity index (χ2v) is 4.57. The SMILES string of the molecule is CC(OCCCNc1ccccc1)c1ccccc1. The second-order valence-electron chi connectivity index (χ2n) is 4.57. The zero-order chi connectivity index (χ0) is 13.3.